The molecule has 0 atom stereocenters. The van der Waals surface area contributed by atoms with E-state index in [0.717, 1.165) is 42.9 Å². The molecule has 128 valence electrons. The number of hydrogen-bond donors (Lipinski definition) is 2. The molecule has 0 unspecified atom stereocenters. The molecule has 1 fully saturated rings. The number of aromatic nitrogens is 4. The Balaban J connectivity index is 1.88. The number of aromatic amines is 1. The average Bonchev–Trinajstić information content (AvgIpc) is 3.08. The molecule has 0 aliphatic carbocycles. The lowest BCUT2D eigenvalue weighted by molar-refractivity contribution is 0.370. The normalized spacial score (nSPS) is 15.4. The van der Waals surface area contributed by atoms with Crippen LogP contribution in [-0.2, 0) is 0 Å². The fraction of sp³-hybridized carbons (Fsp3) is 0.278. The highest BCUT2D eigenvalue weighted by Gasteiger charge is 2.22. The van der Waals surface area contributed by atoms with Crippen molar-refractivity contribution in [3.05, 3.63) is 59.2 Å². The van der Waals surface area contributed by atoms with E-state index in [4.69, 9.17) is 0 Å². The molecule has 1 aliphatic rings. The maximum Gasteiger partial charge on any atom is 0.345 e. The van der Waals surface area contributed by atoms with Crippen molar-refractivity contribution in [3.63, 3.8) is 0 Å². The van der Waals surface area contributed by atoms with Crippen molar-refractivity contribution in [2.45, 2.75) is 18.9 Å². The van der Waals surface area contributed by atoms with E-state index >= 15 is 0 Å². The Labute approximate surface area is 143 Å². The molecule has 4 rings (SSSR count). The highest BCUT2D eigenvalue weighted by atomic mass is 19.1. The predicted octanol–water partition coefficient (Wildman–Crippen LogP) is 2.36. The van der Waals surface area contributed by atoms with Crippen molar-refractivity contribution in [1.29, 1.82) is 0 Å². The molecule has 3 heterocycles. The number of halogens is 1. The summed E-state index contributed by atoms with van der Waals surface area (Å²) in [5.41, 5.74) is 2.62. The van der Waals surface area contributed by atoms with Crippen molar-refractivity contribution in [2.24, 2.45) is 0 Å². The number of nitrogens with one attached hydrogen (secondary N) is 2. The van der Waals surface area contributed by atoms with Gasteiger partial charge in [-0.25, -0.2) is 19.2 Å². The van der Waals surface area contributed by atoms with E-state index in [0.29, 0.717) is 11.7 Å². The summed E-state index contributed by atoms with van der Waals surface area (Å²) in [4.78, 5) is 22.8. The smallest absolute Gasteiger partial charge is 0.326 e. The average molecular weight is 339 g/mol. The number of nitrogens with zero attached hydrogens (tertiary/aromatic N) is 3. The van der Waals surface area contributed by atoms with Crippen molar-refractivity contribution in [1.82, 2.24) is 24.8 Å². The summed E-state index contributed by atoms with van der Waals surface area (Å²) < 4.78 is 15.4. The lowest BCUT2D eigenvalue weighted by Crippen LogP contribution is -2.29. The maximum atomic E-state index is 13.3. The van der Waals surface area contributed by atoms with E-state index in [2.05, 4.69) is 24.8 Å². The van der Waals surface area contributed by atoms with Crippen LogP contribution >= 0.6 is 0 Å². The third kappa shape index (κ3) is 3.10. The number of H-pyrrole nitrogens is 1. The van der Waals surface area contributed by atoms with Crippen molar-refractivity contribution < 1.29 is 4.39 Å². The van der Waals surface area contributed by atoms with Gasteiger partial charge in [0, 0.05) is 17.8 Å². The van der Waals surface area contributed by atoms with Crippen molar-refractivity contribution in [2.75, 3.05) is 13.1 Å². The molecule has 7 heteroatoms. The lowest BCUT2D eigenvalue weighted by Gasteiger charge is -2.25. The van der Waals surface area contributed by atoms with E-state index in [1.54, 1.807) is 18.2 Å². The van der Waals surface area contributed by atoms with Crippen LogP contribution in [0.5, 0.6) is 0 Å². The SMILES string of the molecule is O=c1nccc(-c2c(-c3ccc(F)cc3)ncn2C2CCNCC2)[nH]1. The summed E-state index contributed by atoms with van der Waals surface area (Å²) in [6, 6.07) is 8.30. The van der Waals surface area contributed by atoms with Gasteiger partial charge in [0.25, 0.3) is 0 Å². The topological polar surface area (TPSA) is 75.6 Å². The lowest BCUT2D eigenvalue weighted by atomic mass is 10.0. The van der Waals surface area contributed by atoms with E-state index in [9.17, 15) is 9.18 Å². The van der Waals surface area contributed by atoms with Crippen LogP contribution in [0.1, 0.15) is 18.9 Å². The highest BCUT2D eigenvalue weighted by Crippen LogP contribution is 2.34. The van der Waals surface area contributed by atoms with Gasteiger partial charge in [-0.15, -0.1) is 0 Å². The van der Waals surface area contributed by atoms with Crippen LogP contribution in [0.4, 0.5) is 4.39 Å². The Kier molecular flexibility index (Phi) is 4.15. The molecule has 0 saturated carbocycles. The Morgan fingerprint density at radius 3 is 2.56 bits per heavy atom. The molecular weight excluding hydrogens is 321 g/mol. The fourth-order valence-corrected chi connectivity index (χ4v) is 3.32. The van der Waals surface area contributed by atoms with Crippen molar-refractivity contribution in [3.8, 4) is 22.6 Å². The molecule has 3 aromatic rings. The van der Waals surface area contributed by atoms with E-state index in [1.807, 2.05) is 6.33 Å². The van der Waals surface area contributed by atoms with Crippen LogP contribution in [-0.4, -0.2) is 32.6 Å². The highest BCUT2D eigenvalue weighted by molar-refractivity contribution is 5.76. The second-order valence-electron chi connectivity index (χ2n) is 6.13. The van der Waals surface area contributed by atoms with E-state index in [1.165, 1.54) is 18.3 Å². The van der Waals surface area contributed by atoms with Gasteiger partial charge in [0.2, 0.25) is 0 Å². The standard InChI is InChI=1S/C18H18FN5O/c19-13-3-1-12(2-4-13)16-17(15-7-10-21-18(25)23-15)24(11-22-16)14-5-8-20-9-6-14/h1-4,7,10-11,14,20H,5-6,8-9H2,(H,21,23,25). The van der Waals surface area contributed by atoms with Gasteiger partial charge in [0.15, 0.2) is 0 Å². The van der Waals surface area contributed by atoms with Gasteiger partial charge >= 0.3 is 5.69 Å². The number of piperidine rings is 1. The molecule has 6 nitrogen and oxygen atoms in total. The first-order valence-corrected chi connectivity index (χ1v) is 8.31. The zero-order valence-corrected chi connectivity index (χ0v) is 13.6. The van der Waals surface area contributed by atoms with E-state index < -0.39 is 5.69 Å². The minimum atomic E-state index is -0.402. The summed E-state index contributed by atoms with van der Waals surface area (Å²) in [6.45, 7) is 1.89. The first-order valence-electron chi connectivity index (χ1n) is 8.31. The second-order valence-corrected chi connectivity index (χ2v) is 6.13. The molecule has 0 spiro atoms. The van der Waals surface area contributed by atoms with Gasteiger partial charge in [-0.2, -0.15) is 0 Å². The molecule has 1 saturated heterocycles. The number of hydrogen-bond acceptors (Lipinski definition) is 4. The largest absolute Gasteiger partial charge is 0.345 e. The molecule has 0 bridgehead atoms. The molecule has 0 radical (unpaired) electrons. The molecule has 0 amide bonds. The quantitative estimate of drug-likeness (QED) is 0.768. The maximum absolute atomic E-state index is 13.3. The van der Waals surface area contributed by atoms with Gasteiger partial charge < -0.3 is 14.9 Å². The second kappa shape index (κ2) is 6.60. The third-order valence-electron chi connectivity index (χ3n) is 4.54. The molecule has 2 aromatic heterocycles. The fourth-order valence-electron chi connectivity index (χ4n) is 3.32. The van der Waals surface area contributed by atoms with Crippen molar-refractivity contribution >= 4 is 0 Å². The van der Waals surface area contributed by atoms with E-state index in [-0.39, 0.29) is 5.82 Å². The molecule has 25 heavy (non-hydrogen) atoms. The Hall–Kier alpha value is -2.80. The zero-order valence-electron chi connectivity index (χ0n) is 13.6. The molecule has 1 aromatic carbocycles. The van der Waals surface area contributed by atoms with Gasteiger partial charge in [0.1, 0.15) is 5.82 Å². The molecular formula is C18H18FN5O. The van der Waals surface area contributed by atoms with Gasteiger partial charge in [0.05, 0.1) is 23.4 Å². The third-order valence-corrected chi connectivity index (χ3v) is 4.54. The van der Waals surface area contributed by atoms with Crippen LogP contribution < -0.4 is 11.0 Å². The van der Waals surface area contributed by atoms with Crippen LogP contribution in [0.3, 0.4) is 0 Å². The summed E-state index contributed by atoms with van der Waals surface area (Å²) in [5, 5.41) is 3.35. The van der Waals surface area contributed by atoms with Crippen LogP contribution in [0, 0.1) is 5.82 Å². The van der Waals surface area contributed by atoms with Gasteiger partial charge in [-0.05, 0) is 56.3 Å². The van der Waals surface area contributed by atoms with Crippen LogP contribution in [0.2, 0.25) is 0 Å². The Morgan fingerprint density at radius 1 is 1.08 bits per heavy atom. The Morgan fingerprint density at radius 2 is 1.84 bits per heavy atom. The first kappa shape index (κ1) is 15.7. The first-order chi connectivity index (χ1) is 12.2. The van der Waals surface area contributed by atoms with Crippen LogP contribution in [0.25, 0.3) is 22.6 Å². The minimum absolute atomic E-state index is 0.291. The minimum Gasteiger partial charge on any atom is -0.326 e. The van der Waals surface area contributed by atoms with Crippen LogP contribution in [0.15, 0.2) is 47.7 Å². The van der Waals surface area contributed by atoms with Gasteiger partial charge in [-0.3, -0.25) is 0 Å². The number of imidazole rings is 1. The summed E-state index contributed by atoms with van der Waals surface area (Å²) in [5.74, 6) is -0.291. The summed E-state index contributed by atoms with van der Waals surface area (Å²) in [6.07, 6.45) is 5.27. The zero-order chi connectivity index (χ0) is 17.2. The summed E-state index contributed by atoms with van der Waals surface area (Å²) >= 11 is 0. The summed E-state index contributed by atoms with van der Waals surface area (Å²) in [7, 11) is 0. The number of benzene rings is 1. The molecule has 1 aliphatic heterocycles. The Bertz CT molecular complexity index is 925. The predicted molar refractivity (Wildman–Crippen MR) is 92.6 cm³/mol. The monoisotopic (exact) mass is 339 g/mol. The van der Waals surface area contributed by atoms with Gasteiger partial charge in [-0.1, -0.05) is 0 Å². The molecule has 2 N–H and O–H groups in total. The number of rotatable bonds is 3.